The number of hydrogen-bond donors (Lipinski definition) is 2. The van der Waals surface area contributed by atoms with Gasteiger partial charge in [-0.2, -0.15) is 5.10 Å². The lowest BCUT2D eigenvalue weighted by Crippen LogP contribution is -2.55. The smallest absolute Gasteiger partial charge is 0.250 e. The van der Waals surface area contributed by atoms with Crippen LogP contribution in [0.15, 0.2) is 39.1 Å². The van der Waals surface area contributed by atoms with E-state index in [2.05, 4.69) is 20.1 Å². The van der Waals surface area contributed by atoms with Crippen LogP contribution < -0.4 is 14.9 Å². The van der Waals surface area contributed by atoms with Gasteiger partial charge in [-0.25, -0.2) is 13.1 Å². The summed E-state index contributed by atoms with van der Waals surface area (Å²) in [6, 6.07) is 3.26. The molecule has 0 spiro atoms. The summed E-state index contributed by atoms with van der Waals surface area (Å²) in [7, 11) is -0.0416. The number of rotatable bonds is 6. The lowest BCUT2D eigenvalue weighted by molar-refractivity contribution is -0.120. The molecular formula is C16H23N7O3S2. The molecule has 12 heteroatoms. The van der Waals surface area contributed by atoms with E-state index >= 15 is 0 Å². The third-order valence-corrected chi connectivity index (χ3v) is 7.05. The summed E-state index contributed by atoms with van der Waals surface area (Å²) in [6.45, 7) is 1.89. The molecule has 3 heterocycles. The summed E-state index contributed by atoms with van der Waals surface area (Å²) < 4.78 is 28.7. The first-order valence-electron chi connectivity index (χ1n) is 8.68. The second-order valence-electron chi connectivity index (χ2n) is 6.14. The van der Waals surface area contributed by atoms with Gasteiger partial charge >= 0.3 is 0 Å². The van der Waals surface area contributed by atoms with Crippen molar-refractivity contribution in [2.75, 3.05) is 44.7 Å². The maximum atomic E-state index is 12.5. The van der Waals surface area contributed by atoms with E-state index in [1.54, 1.807) is 46.5 Å². The Hall–Kier alpha value is -2.44. The molecule has 0 aromatic carbocycles. The van der Waals surface area contributed by atoms with Gasteiger partial charge in [0, 0.05) is 46.5 Å². The number of anilines is 1. The Balaban J connectivity index is 1.49. The largest absolute Gasteiger partial charge is 0.355 e. The van der Waals surface area contributed by atoms with Crippen molar-refractivity contribution in [1.29, 1.82) is 0 Å². The number of sulfonamides is 1. The lowest BCUT2D eigenvalue weighted by Gasteiger charge is -2.35. The van der Waals surface area contributed by atoms with Crippen LogP contribution >= 0.6 is 11.3 Å². The van der Waals surface area contributed by atoms with Crippen molar-refractivity contribution in [2.45, 2.75) is 4.21 Å². The molecule has 1 fully saturated rings. The van der Waals surface area contributed by atoms with E-state index in [1.807, 2.05) is 11.9 Å². The number of aryl methyl sites for hydroxylation is 1. The van der Waals surface area contributed by atoms with Crippen LogP contribution in [0.4, 0.5) is 5.69 Å². The zero-order valence-electron chi connectivity index (χ0n) is 15.7. The topological polar surface area (TPSA) is 112 Å². The van der Waals surface area contributed by atoms with Crippen LogP contribution in [0.1, 0.15) is 0 Å². The molecule has 1 aliphatic rings. The fraction of sp³-hybridized carbons (Fsp3) is 0.438. The number of aliphatic imine (C=N–C) groups is 1. The van der Waals surface area contributed by atoms with Crippen molar-refractivity contribution in [1.82, 2.24) is 24.7 Å². The van der Waals surface area contributed by atoms with Gasteiger partial charge < -0.3 is 15.1 Å². The first kappa shape index (κ1) is 20.3. The predicted octanol–water partition coefficient (Wildman–Crippen LogP) is -0.316. The van der Waals surface area contributed by atoms with Crippen molar-refractivity contribution in [3.05, 3.63) is 29.9 Å². The highest BCUT2D eigenvalue weighted by molar-refractivity contribution is 7.91. The zero-order chi connectivity index (χ0) is 20.1. The number of nitrogens with one attached hydrogen (secondary N) is 2. The second kappa shape index (κ2) is 8.71. The standard InChI is InChI=1S/C16H23N7O3S2/c1-17-16(18-5-6-20-28(25,26)15-4-3-9-27-15)22-7-8-23(14(24)12-22)13-10-19-21(2)11-13/h3-4,9-11,20H,5-8,12H2,1-2H3,(H,17,18). The number of carbonyl (C=O) groups excluding carboxylic acids is 1. The number of thiophene rings is 1. The van der Waals surface area contributed by atoms with Gasteiger partial charge in [0.2, 0.25) is 15.9 Å². The fourth-order valence-electron chi connectivity index (χ4n) is 2.85. The molecule has 0 unspecified atom stereocenters. The van der Waals surface area contributed by atoms with Crippen molar-refractivity contribution >= 4 is 38.9 Å². The Kier molecular flexibility index (Phi) is 6.31. The third kappa shape index (κ3) is 4.69. The number of piperazine rings is 1. The summed E-state index contributed by atoms with van der Waals surface area (Å²) in [6.07, 6.45) is 3.47. The highest BCUT2D eigenvalue weighted by Gasteiger charge is 2.27. The summed E-state index contributed by atoms with van der Waals surface area (Å²) in [4.78, 5) is 20.3. The zero-order valence-corrected chi connectivity index (χ0v) is 17.3. The molecule has 1 aliphatic heterocycles. The maximum absolute atomic E-state index is 12.5. The van der Waals surface area contributed by atoms with Crippen molar-refractivity contribution in [3.63, 3.8) is 0 Å². The van der Waals surface area contributed by atoms with Gasteiger partial charge in [-0.1, -0.05) is 6.07 Å². The Labute approximate surface area is 167 Å². The molecule has 1 amide bonds. The molecule has 0 atom stereocenters. The second-order valence-corrected chi connectivity index (χ2v) is 9.08. The summed E-state index contributed by atoms with van der Waals surface area (Å²) >= 11 is 1.17. The summed E-state index contributed by atoms with van der Waals surface area (Å²) in [5.41, 5.74) is 0.776. The van der Waals surface area contributed by atoms with Gasteiger partial charge in [0.1, 0.15) is 10.8 Å². The molecule has 2 N–H and O–H groups in total. The highest BCUT2D eigenvalue weighted by atomic mass is 32.2. The highest BCUT2D eigenvalue weighted by Crippen LogP contribution is 2.16. The summed E-state index contributed by atoms with van der Waals surface area (Å²) in [5, 5.41) is 8.92. The molecule has 2 aromatic heterocycles. The molecule has 152 valence electrons. The van der Waals surface area contributed by atoms with Gasteiger partial charge in [0.25, 0.3) is 0 Å². The number of carbonyl (C=O) groups is 1. The van der Waals surface area contributed by atoms with Gasteiger partial charge in [-0.05, 0) is 11.4 Å². The van der Waals surface area contributed by atoms with Crippen LogP contribution in [-0.2, 0) is 21.9 Å². The van der Waals surface area contributed by atoms with Crippen LogP contribution in [0.2, 0.25) is 0 Å². The van der Waals surface area contributed by atoms with E-state index in [-0.39, 0.29) is 23.2 Å². The molecule has 0 bridgehead atoms. The van der Waals surface area contributed by atoms with Crippen LogP contribution in [0.5, 0.6) is 0 Å². The molecule has 1 saturated heterocycles. The average molecular weight is 426 g/mol. The molecule has 0 aliphatic carbocycles. The number of aromatic nitrogens is 2. The Morgan fingerprint density at radius 3 is 2.79 bits per heavy atom. The van der Waals surface area contributed by atoms with Crippen LogP contribution in [0.3, 0.4) is 0 Å². The maximum Gasteiger partial charge on any atom is 0.250 e. The van der Waals surface area contributed by atoms with Crippen LogP contribution in [0.25, 0.3) is 0 Å². The minimum atomic E-state index is -3.48. The third-order valence-electron chi connectivity index (χ3n) is 4.20. The number of amides is 1. The van der Waals surface area contributed by atoms with Gasteiger partial charge in [-0.3, -0.25) is 14.5 Å². The van der Waals surface area contributed by atoms with E-state index in [9.17, 15) is 13.2 Å². The molecular weight excluding hydrogens is 402 g/mol. The van der Waals surface area contributed by atoms with Gasteiger partial charge in [-0.15, -0.1) is 11.3 Å². The molecule has 0 saturated carbocycles. The Morgan fingerprint density at radius 2 is 2.18 bits per heavy atom. The fourth-order valence-corrected chi connectivity index (χ4v) is 4.92. The van der Waals surface area contributed by atoms with Crippen molar-refractivity contribution < 1.29 is 13.2 Å². The first-order valence-corrected chi connectivity index (χ1v) is 11.0. The van der Waals surface area contributed by atoms with Gasteiger partial charge in [0.15, 0.2) is 5.96 Å². The van der Waals surface area contributed by atoms with Gasteiger partial charge in [0.05, 0.1) is 11.9 Å². The van der Waals surface area contributed by atoms with E-state index in [1.165, 1.54) is 11.3 Å². The molecule has 3 rings (SSSR count). The Morgan fingerprint density at radius 1 is 1.36 bits per heavy atom. The van der Waals surface area contributed by atoms with Crippen LogP contribution in [-0.4, -0.2) is 74.7 Å². The molecule has 0 radical (unpaired) electrons. The van der Waals surface area contributed by atoms with E-state index in [0.717, 1.165) is 5.69 Å². The Bertz CT molecular complexity index is 937. The number of hydrogen-bond acceptors (Lipinski definition) is 6. The number of nitrogens with zero attached hydrogens (tertiary/aromatic N) is 5. The normalized spacial score (nSPS) is 15.9. The average Bonchev–Trinajstić information content (AvgIpc) is 3.34. The van der Waals surface area contributed by atoms with E-state index in [4.69, 9.17) is 0 Å². The molecule has 2 aromatic rings. The van der Waals surface area contributed by atoms with E-state index < -0.39 is 10.0 Å². The predicted molar refractivity (Wildman–Crippen MR) is 108 cm³/mol. The van der Waals surface area contributed by atoms with Crippen LogP contribution in [0, 0.1) is 0 Å². The first-order chi connectivity index (χ1) is 13.4. The number of guanidine groups is 1. The molecule has 10 nitrogen and oxygen atoms in total. The van der Waals surface area contributed by atoms with E-state index in [0.29, 0.717) is 25.6 Å². The summed E-state index contributed by atoms with van der Waals surface area (Å²) in [5.74, 6) is 0.523. The van der Waals surface area contributed by atoms with Crippen molar-refractivity contribution in [3.8, 4) is 0 Å². The SMILES string of the molecule is CN=C(NCCNS(=O)(=O)c1cccs1)N1CCN(c2cnn(C)c2)C(=O)C1. The quantitative estimate of drug-likeness (QED) is 0.373. The molecule has 28 heavy (non-hydrogen) atoms. The minimum Gasteiger partial charge on any atom is -0.355 e. The monoisotopic (exact) mass is 425 g/mol. The minimum absolute atomic E-state index is 0.0411. The van der Waals surface area contributed by atoms with Crippen molar-refractivity contribution in [2.24, 2.45) is 12.0 Å². The lowest BCUT2D eigenvalue weighted by atomic mass is 10.3.